The van der Waals surface area contributed by atoms with Crippen LogP contribution in [0, 0.1) is 17.0 Å². The summed E-state index contributed by atoms with van der Waals surface area (Å²) >= 11 is 0. The summed E-state index contributed by atoms with van der Waals surface area (Å²) in [5.74, 6) is -0.304. The Bertz CT molecular complexity index is 446. The highest BCUT2D eigenvalue weighted by atomic mass is 16.6. The normalized spacial score (nSPS) is 10.1. The fourth-order valence-corrected chi connectivity index (χ4v) is 1.56. The highest BCUT2D eigenvalue weighted by Crippen LogP contribution is 2.21. The van der Waals surface area contributed by atoms with E-state index in [0.29, 0.717) is 13.0 Å². The highest BCUT2D eigenvalue weighted by Gasteiger charge is 2.07. The summed E-state index contributed by atoms with van der Waals surface area (Å²) in [6.07, 6.45) is 1.89. The standard InChI is InChI=1S/C12H17N3O3/c1-9-5-6-10(15(17)18)8-11(9)14-7-3-2-4-12(13)16/h5-6,8,14H,2-4,7H2,1H3,(H2,13,16). The van der Waals surface area contributed by atoms with Crippen molar-refractivity contribution in [1.82, 2.24) is 0 Å². The minimum Gasteiger partial charge on any atom is -0.385 e. The number of rotatable bonds is 7. The molecule has 0 atom stereocenters. The lowest BCUT2D eigenvalue weighted by Crippen LogP contribution is -2.11. The SMILES string of the molecule is Cc1ccc([N+](=O)[O-])cc1NCCCCC(N)=O. The summed E-state index contributed by atoms with van der Waals surface area (Å²) in [7, 11) is 0. The van der Waals surface area contributed by atoms with Crippen molar-refractivity contribution in [2.45, 2.75) is 26.2 Å². The molecule has 0 radical (unpaired) electrons. The van der Waals surface area contributed by atoms with Crippen LogP contribution in [0.4, 0.5) is 11.4 Å². The van der Waals surface area contributed by atoms with Crippen molar-refractivity contribution in [2.24, 2.45) is 5.73 Å². The second kappa shape index (κ2) is 6.58. The number of nitro benzene ring substituents is 1. The van der Waals surface area contributed by atoms with Gasteiger partial charge < -0.3 is 11.1 Å². The first kappa shape index (κ1) is 14.0. The van der Waals surface area contributed by atoms with Gasteiger partial charge in [0, 0.05) is 30.8 Å². The van der Waals surface area contributed by atoms with Crippen molar-refractivity contribution in [2.75, 3.05) is 11.9 Å². The van der Waals surface area contributed by atoms with Crippen LogP contribution in [-0.2, 0) is 4.79 Å². The van der Waals surface area contributed by atoms with Gasteiger partial charge in [-0.15, -0.1) is 0 Å². The maximum absolute atomic E-state index is 10.6. The van der Waals surface area contributed by atoms with Gasteiger partial charge in [0.25, 0.3) is 5.69 Å². The Kier molecular flexibility index (Phi) is 5.10. The number of non-ortho nitro benzene ring substituents is 1. The minimum absolute atomic E-state index is 0.0697. The van der Waals surface area contributed by atoms with Gasteiger partial charge in [0.2, 0.25) is 5.91 Å². The number of nitro groups is 1. The molecular formula is C12H17N3O3. The zero-order valence-electron chi connectivity index (χ0n) is 10.3. The molecule has 1 aromatic carbocycles. The first-order chi connectivity index (χ1) is 8.50. The number of carbonyl (C=O) groups is 1. The van der Waals surface area contributed by atoms with E-state index in [1.807, 2.05) is 6.92 Å². The van der Waals surface area contributed by atoms with Gasteiger partial charge in [0.15, 0.2) is 0 Å². The van der Waals surface area contributed by atoms with Crippen LogP contribution in [0.1, 0.15) is 24.8 Å². The number of hydrogen-bond acceptors (Lipinski definition) is 4. The fraction of sp³-hybridized carbons (Fsp3) is 0.417. The third kappa shape index (κ3) is 4.40. The van der Waals surface area contributed by atoms with Crippen molar-refractivity contribution in [3.63, 3.8) is 0 Å². The van der Waals surface area contributed by atoms with Crippen molar-refractivity contribution < 1.29 is 9.72 Å². The molecule has 0 saturated heterocycles. The van der Waals surface area contributed by atoms with E-state index in [9.17, 15) is 14.9 Å². The van der Waals surface area contributed by atoms with Crippen LogP contribution in [0.3, 0.4) is 0 Å². The molecule has 0 bridgehead atoms. The third-order valence-corrected chi connectivity index (χ3v) is 2.60. The van der Waals surface area contributed by atoms with Gasteiger partial charge >= 0.3 is 0 Å². The Morgan fingerprint density at radius 3 is 2.78 bits per heavy atom. The monoisotopic (exact) mass is 251 g/mol. The molecule has 0 aliphatic rings. The molecule has 18 heavy (non-hydrogen) atoms. The maximum Gasteiger partial charge on any atom is 0.271 e. The van der Waals surface area contributed by atoms with Gasteiger partial charge in [-0.1, -0.05) is 6.07 Å². The van der Waals surface area contributed by atoms with Crippen LogP contribution < -0.4 is 11.1 Å². The van der Waals surface area contributed by atoms with Crippen LogP contribution >= 0.6 is 0 Å². The predicted octanol–water partition coefficient (Wildman–Crippen LogP) is 1.97. The number of anilines is 1. The Balaban J connectivity index is 2.48. The van der Waals surface area contributed by atoms with E-state index in [-0.39, 0.29) is 11.6 Å². The average molecular weight is 251 g/mol. The van der Waals surface area contributed by atoms with Gasteiger partial charge in [-0.05, 0) is 25.3 Å². The van der Waals surface area contributed by atoms with Gasteiger partial charge in [-0.2, -0.15) is 0 Å². The molecule has 3 N–H and O–H groups in total. The van der Waals surface area contributed by atoms with E-state index in [1.165, 1.54) is 12.1 Å². The third-order valence-electron chi connectivity index (χ3n) is 2.60. The number of amides is 1. The minimum atomic E-state index is -0.419. The first-order valence-corrected chi connectivity index (χ1v) is 5.78. The van der Waals surface area contributed by atoms with Crippen molar-refractivity contribution in [1.29, 1.82) is 0 Å². The number of primary amides is 1. The van der Waals surface area contributed by atoms with Gasteiger partial charge in [-0.25, -0.2) is 0 Å². The molecule has 0 fully saturated rings. The molecule has 0 unspecified atom stereocenters. The van der Waals surface area contributed by atoms with Gasteiger partial charge in [0.05, 0.1) is 4.92 Å². The molecule has 0 aromatic heterocycles. The van der Waals surface area contributed by atoms with Crippen LogP contribution in [0.25, 0.3) is 0 Å². The number of benzene rings is 1. The lowest BCUT2D eigenvalue weighted by molar-refractivity contribution is -0.384. The molecular weight excluding hydrogens is 234 g/mol. The van der Waals surface area contributed by atoms with Crippen molar-refractivity contribution >= 4 is 17.3 Å². The molecule has 6 nitrogen and oxygen atoms in total. The van der Waals surface area contributed by atoms with E-state index in [2.05, 4.69) is 5.32 Å². The Morgan fingerprint density at radius 2 is 2.17 bits per heavy atom. The zero-order valence-corrected chi connectivity index (χ0v) is 10.3. The van der Waals surface area contributed by atoms with Crippen LogP contribution in [0.2, 0.25) is 0 Å². The number of nitrogens with one attached hydrogen (secondary N) is 1. The van der Waals surface area contributed by atoms with E-state index in [4.69, 9.17) is 5.73 Å². The largest absolute Gasteiger partial charge is 0.385 e. The van der Waals surface area contributed by atoms with E-state index >= 15 is 0 Å². The second-order valence-electron chi connectivity index (χ2n) is 4.11. The summed E-state index contributed by atoms with van der Waals surface area (Å²) < 4.78 is 0. The highest BCUT2D eigenvalue weighted by molar-refractivity contribution is 5.73. The summed E-state index contributed by atoms with van der Waals surface area (Å²) in [6.45, 7) is 2.55. The topological polar surface area (TPSA) is 98.3 Å². The maximum atomic E-state index is 10.6. The van der Waals surface area contributed by atoms with Gasteiger partial charge in [0.1, 0.15) is 0 Å². The predicted molar refractivity (Wildman–Crippen MR) is 69.4 cm³/mol. The van der Waals surface area contributed by atoms with Crippen LogP contribution in [-0.4, -0.2) is 17.4 Å². The molecule has 1 amide bonds. The number of carbonyl (C=O) groups excluding carboxylic acids is 1. The molecule has 0 heterocycles. The first-order valence-electron chi connectivity index (χ1n) is 5.78. The number of hydrogen-bond donors (Lipinski definition) is 2. The molecule has 98 valence electrons. The van der Waals surface area contributed by atoms with E-state index in [0.717, 1.165) is 24.1 Å². The molecule has 0 aliphatic heterocycles. The summed E-state index contributed by atoms with van der Waals surface area (Å²) in [5.41, 5.74) is 6.81. The Morgan fingerprint density at radius 1 is 1.44 bits per heavy atom. The number of unbranched alkanes of at least 4 members (excludes halogenated alkanes) is 1. The van der Waals surface area contributed by atoms with Gasteiger partial charge in [-0.3, -0.25) is 14.9 Å². The molecule has 1 aromatic rings. The van der Waals surface area contributed by atoms with E-state index < -0.39 is 4.92 Å². The molecule has 0 aliphatic carbocycles. The second-order valence-corrected chi connectivity index (χ2v) is 4.11. The molecule has 0 spiro atoms. The van der Waals surface area contributed by atoms with Crippen molar-refractivity contribution in [3.05, 3.63) is 33.9 Å². The lowest BCUT2D eigenvalue weighted by Gasteiger charge is -2.08. The Hall–Kier alpha value is -2.11. The van der Waals surface area contributed by atoms with Crippen LogP contribution in [0.5, 0.6) is 0 Å². The molecule has 0 saturated carbocycles. The quantitative estimate of drug-likeness (QED) is 0.439. The average Bonchev–Trinajstić information content (AvgIpc) is 2.30. The van der Waals surface area contributed by atoms with Crippen LogP contribution in [0.15, 0.2) is 18.2 Å². The molecule has 1 rings (SSSR count). The summed E-state index contributed by atoms with van der Waals surface area (Å²) in [4.78, 5) is 20.8. The van der Waals surface area contributed by atoms with Crippen molar-refractivity contribution in [3.8, 4) is 0 Å². The Labute approximate surface area is 105 Å². The number of aryl methyl sites for hydroxylation is 1. The zero-order chi connectivity index (χ0) is 13.5. The smallest absolute Gasteiger partial charge is 0.271 e. The molecule has 6 heteroatoms. The number of nitrogens with zero attached hydrogens (tertiary/aromatic N) is 1. The summed E-state index contributed by atoms with van der Waals surface area (Å²) in [6, 6.07) is 4.71. The lowest BCUT2D eigenvalue weighted by atomic mass is 10.1. The summed E-state index contributed by atoms with van der Waals surface area (Å²) in [5, 5.41) is 13.8. The number of nitrogens with two attached hydrogens (primary N) is 1. The fourth-order valence-electron chi connectivity index (χ4n) is 1.56. The van der Waals surface area contributed by atoms with E-state index in [1.54, 1.807) is 6.07 Å².